The van der Waals surface area contributed by atoms with Crippen molar-refractivity contribution < 1.29 is 0 Å². The Kier molecular flexibility index (Phi) is 14.4. The van der Waals surface area contributed by atoms with Gasteiger partial charge < -0.3 is 0 Å². The monoisotopic (exact) mass is 1220 g/mol. The first-order chi connectivity index (χ1) is 47.1. The van der Waals surface area contributed by atoms with Crippen molar-refractivity contribution in [3.05, 3.63) is 374 Å². The number of hydrogen-bond donors (Lipinski definition) is 0. The molecule has 0 N–H and O–H groups in total. The highest BCUT2D eigenvalue weighted by Gasteiger charge is 2.48. The van der Waals surface area contributed by atoms with Crippen molar-refractivity contribution in [1.29, 1.82) is 0 Å². The fourth-order valence-corrected chi connectivity index (χ4v) is 15.8. The maximum atomic E-state index is 2.55. The van der Waals surface area contributed by atoms with Crippen LogP contribution in [0.2, 0.25) is 0 Å². The maximum Gasteiger partial charge on any atom is 0.0165 e. The standard InChI is InChI=1S/C96H70/c1-95(2)87-61-71(81-53-73(63-29-13-5-14-30-63)49-74(54-81)64-31-15-6-16-32-64)45-47-85(87)91-90(84-59-79(69-41-25-11-26-42-69)52-80(60-84)70-43-27-12-28-44-70)94-92(89(93(91)95)83-57-77(67-37-21-9-22-38-67)51-78(58-83)68-39-23-10-24-40-68)86-48-46-72(62-88(86)96(94,3)4)82-55-75(65-33-17-7-18-34-65)50-76(56-82)66-35-19-8-20-36-66/h5-62H,1-4H3. The molecule has 0 atom stereocenters. The molecule has 0 aromatic heterocycles. The molecule has 0 heteroatoms. The highest BCUT2D eigenvalue weighted by atomic mass is 14.5. The first-order valence-corrected chi connectivity index (χ1v) is 33.7. The fraction of sp³-hybridized carbons (Fsp3) is 0.0625. The predicted octanol–water partition coefficient (Wildman–Crippen LogP) is 26.3. The lowest BCUT2D eigenvalue weighted by Gasteiger charge is -2.32. The molecule has 17 rings (SSSR count). The second-order valence-corrected chi connectivity index (χ2v) is 27.1. The third-order valence-corrected chi connectivity index (χ3v) is 20.5. The molecule has 0 spiro atoms. The fourth-order valence-electron chi connectivity index (χ4n) is 15.8. The molecule has 0 radical (unpaired) electrons. The smallest absolute Gasteiger partial charge is 0.0165 e. The summed E-state index contributed by atoms with van der Waals surface area (Å²) in [7, 11) is 0. The van der Waals surface area contributed by atoms with E-state index in [1.54, 1.807) is 0 Å². The van der Waals surface area contributed by atoms with Gasteiger partial charge in [0, 0.05) is 10.8 Å². The zero-order valence-corrected chi connectivity index (χ0v) is 54.5. The molecule has 0 amide bonds. The van der Waals surface area contributed by atoms with Gasteiger partial charge in [-0.1, -0.05) is 295 Å². The predicted molar refractivity (Wildman–Crippen MR) is 407 cm³/mol. The molecule has 454 valence electrons. The van der Waals surface area contributed by atoms with Gasteiger partial charge in [-0.25, -0.2) is 0 Å². The van der Waals surface area contributed by atoms with E-state index >= 15 is 0 Å². The zero-order valence-electron chi connectivity index (χ0n) is 54.5. The van der Waals surface area contributed by atoms with E-state index in [9.17, 15) is 0 Å². The largest absolute Gasteiger partial charge is 0.0622 e. The molecule has 0 aliphatic heterocycles. The normalized spacial score (nSPS) is 13.0. The van der Waals surface area contributed by atoms with Crippen LogP contribution in [0.1, 0.15) is 49.9 Å². The molecule has 0 heterocycles. The van der Waals surface area contributed by atoms with Gasteiger partial charge in [0.15, 0.2) is 0 Å². The van der Waals surface area contributed by atoms with Crippen LogP contribution in [0.15, 0.2) is 352 Å². The number of rotatable bonds is 12. The van der Waals surface area contributed by atoms with E-state index in [0.29, 0.717) is 0 Å². The highest BCUT2D eigenvalue weighted by Crippen LogP contribution is 2.66. The van der Waals surface area contributed by atoms with Gasteiger partial charge >= 0.3 is 0 Å². The van der Waals surface area contributed by atoms with Crippen LogP contribution < -0.4 is 0 Å². The summed E-state index contributed by atoms with van der Waals surface area (Å²) < 4.78 is 0. The van der Waals surface area contributed by atoms with Gasteiger partial charge in [0.25, 0.3) is 0 Å². The molecule has 15 aromatic carbocycles. The third kappa shape index (κ3) is 10.3. The highest BCUT2D eigenvalue weighted by molar-refractivity contribution is 6.10. The zero-order chi connectivity index (χ0) is 64.5. The molecule has 2 aliphatic rings. The Labute approximate surface area is 564 Å². The lowest BCUT2D eigenvalue weighted by Crippen LogP contribution is -2.20. The minimum absolute atomic E-state index is 0.521. The van der Waals surface area contributed by atoms with Crippen molar-refractivity contribution in [3.63, 3.8) is 0 Å². The van der Waals surface area contributed by atoms with Gasteiger partial charge in [0.2, 0.25) is 0 Å². The van der Waals surface area contributed by atoms with Crippen LogP contribution in [0.4, 0.5) is 0 Å². The van der Waals surface area contributed by atoms with Crippen LogP contribution in [0, 0.1) is 0 Å². The lowest BCUT2D eigenvalue weighted by atomic mass is 9.71. The summed E-state index contributed by atoms with van der Waals surface area (Å²) in [5.41, 5.74) is 38.2. The Hall–Kier alpha value is -11.7. The summed E-state index contributed by atoms with van der Waals surface area (Å²) >= 11 is 0. The average Bonchev–Trinajstić information content (AvgIpc) is 1.50. The summed E-state index contributed by atoms with van der Waals surface area (Å²) in [6.45, 7) is 10.1. The van der Waals surface area contributed by atoms with Crippen molar-refractivity contribution in [1.82, 2.24) is 0 Å². The van der Waals surface area contributed by atoms with Gasteiger partial charge in [-0.05, 0) is 263 Å². The van der Waals surface area contributed by atoms with Gasteiger partial charge in [-0.3, -0.25) is 0 Å². The van der Waals surface area contributed by atoms with Gasteiger partial charge in [0.05, 0.1) is 0 Å². The number of hydrogen-bond acceptors (Lipinski definition) is 0. The average molecular weight is 1220 g/mol. The van der Waals surface area contributed by atoms with E-state index in [2.05, 4.69) is 380 Å². The van der Waals surface area contributed by atoms with E-state index in [1.807, 2.05) is 0 Å². The first-order valence-electron chi connectivity index (χ1n) is 33.7. The first kappa shape index (κ1) is 58.1. The van der Waals surface area contributed by atoms with Crippen molar-refractivity contribution in [2.75, 3.05) is 0 Å². The molecule has 0 fully saturated rings. The van der Waals surface area contributed by atoms with E-state index in [1.165, 1.54) is 178 Å². The summed E-state index contributed by atoms with van der Waals surface area (Å²) in [5.74, 6) is 0. The van der Waals surface area contributed by atoms with Crippen LogP contribution >= 0.6 is 0 Å². The number of benzene rings is 15. The van der Waals surface area contributed by atoms with Crippen LogP contribution in [-0.2, 0) is 10.8 Å². The van der Waals surface area contributed by atoms with Crippen molar-refractivity contribution in [2.24, 2.45) is 0 Å². The molecule has 0 bridgehead atoms. The topological polar surface area (TPSA) is 0 Å². The molecule has 96 heavy (non-hydrogen) atoms. The minimum atomic E-state index is -0.521. The molecule has 15 aromatic rings. The third-order valence-electron chi connectivity index (χ3n) is 20.5. The summed E-state index contributed by atoms with van der Waals surface area (Å²) in [4.78, 5) is 0. The Morgan fingerprint density at radius 1 is 0.146 bits per heavy atom. The van der Waals surface area contributed by atoms with Crippen LogP contribution in [0.25, 0.3) is 156 Å². The Morgan fingerprint density at radius 3 is 0.521 bits per heavy atom. The summed E-state index contributed by atoms with van der Waals surface area (Å²) in [5, 5.41) is 0. The van der Waals surface area contributed by atoms with Gasteiger partial charge in [0.1, 0.15) is 0 Å². The molecule has 2 aliphatic carbocycles. The van der Waals surface area contributed by atoms with Crippen molar-refractivity contribution in [2.45, 2.75) is 38.5 Å². The van der Waals surface area contributed by atoms with Crippen LogP contribution in [-0.4, -0.2) is 0 Å². The molecule has 0 nitrogen and oxygen atoms in total. The van der Waals surface area contributed by atoms with E-state index < -0.39 is 10.8 Å². The molecule has 0 saturated carbocycles. The number of fused-ring (bicyclic) bond motifs is 6. The van der Waals surface area contributed by atoms with E-state index in [4.69, 9.17) is 0 Å². The van der Waals surface area contributed by atoms with E-state index in [0.717, 1.165) is 0 Å². The van der Waals surface area contributed by atoms with Crippen molar-refractivity contribution in [3.8, 4) is 156 Å². The van der Waals surface area contributed by atoms with Crippen LogP contribution in [0.3, 0.4) is 0 Å². The Morgan fingerprint density at radius 2 is 0.323 bits per heavy atom. The summed E-state index contributed by atoms with van der Waals surface area (Å²) in [6.07, 6.45) is 0. The summed E-state index contributed by atoms with van der Waals surface area (Å²) in [6, 6.07) is 132. The second-order valence-electron chi connectivity index (χ2n) is 27.1. The molecular formula is C96H70. The second kappa shape index (κ2) is 23.7. The minimum Gasteiger partial charge on any atom is -0.0622 e. The molecule has 0 unspecified atom stereocenters. The van der Waals surface area contributed by atoms with Gasteiger partial charge in [-0.2, -0.15) is 0 Å². The Balaban J connectivity index is 0.989. The quantitative estimate of drug-likeness (QED) is 0.114. The van der Waals surface area contributed by atoms with Crippen LogP contribution in [0.5, 0.6) is 0 Å². The van der Waals surface area contributed by atoms with E-state index in [-0.39, 0.29) is 0 Å². The molecule has 0 saturated heterocycles. The SMILES string of the molecule is CC1(C)c2cc(-c3cc(-c4ccccc4)cc(-c4ccccc4)c3)ccc2-c2c(-c3cc(-c4ccccc4)cc(-c4ccccc4)c3)c3c(c(-c4cc(-c5ccccc5)cc(-c5ccccc5)c4)c21)-c1ccc(-c2cc(-c4ccccc4)cc(-c4ccccc4)c2)cc1C3(C)C. The van der Waals surface area contributed by atoms with Gasteiger partial charge in [-0.15, -0.1) is 0 Å². The van der Waals surface area contributed by atoms with Crippen molar-refractivity contribution >= 4 is 0 Å². The Bertz CT molecular complexity index is 4860. The lowest BCUT2D eigenvalue weighted by molar-refractivity contribution is 0.654. The molecular weight excluding hydrogens is 1150 g/mol. The maximum absolute atomic E-state index is 2.55.